The number of unbranched alkanes of at least 4 members (excludes halogenated alkanes) is 2. The molecule has 0 saturated heterocycles. The van der Waals surface area contributed by atoms with E-state index in [4.69, 9.17) is 4.74 Å². The van der Waals surface area contributed by atoms with Crippen molar-refractivity contribution in [3.05, 3.63) is 70.1 Å². The minimum absolute atomic E-state index is 0.0229. The molecule has 0 saturated carbocycles. The van der Waals surface area contributed by atoms with Gasteiger partial charge < -0.3 is 4.74 Å². The van der Waals surface area contributed by atoms with Crippen LogP contribution in [0.1, 0.15) is 60.4 Å². The lowest BCUT2D eigenvalue weighted by molar-refractivity contribution is 0.0728. The number of fused-ring (bicyclic) bond motifs is 1. The second-order valence-electron chi connectivity index (χ2n) is 6.82. The summed E-state index contributed by atoms with van der Waals surface area (Å²) in [5.74, 6) is -0.299. The number of rotatable bonds is 8. The smallest absolute Gasteiger partial charge is 0.364 e. The second kappa shape index (κ2) is 9.28. The number of benzene rings is 2. The normalized spacial score (nSPS) is 10.8. The Kier molecular flexibility index (Phi) is 6.54. The summed E-state index contributed by atoms with van der Waals surface area (Å²) in [4.78, 5) is 37.3. The van der Waals surface area contributed by atoms with E-state index < -0.39 is 5.97 Å². The maximum absolute atomic E-state index is 12.8. The highest BCUT2D eigenvalue weighted by atomic mass is 16.5. The molecule has 6 heteroatoms. The number of hydrogen-bond donors (Lipinski definition) is 0. The first-order chi connectivity index (χ1) is 14.0. The van der Waals surface area contributed by atoms with E-state index in [-0.39, 0.29) is 17.0 Å². The number of esters is 1. The van der Waals surface area contributed by atoms with Gasteiger partial charge in [0.25, 0.3) is 5.56 Å². The van der Waals surface area contributed by atoms with Crippen LogP contribution in [0.4, 0.5) is 0 Å². The fraction of sp³-hybridized carbons (Fsp3) is 0.304. The number of hydrogen-bond acceptors (Lipinski definition) is 5. The zero-order valence-corrected chi connectivity index (χ0v) is 16.7. The van der Waals surface area contributed by atoms with E-state index in [0.29, 0.717) is 35.1 Å². The standard InChI is InChI=1S/C23H24N2O4/c1-3-5-8-15-25-22(27)19-10-7-6-9-18(19)21(24-25)23(28)29-17-13-11-16(12-14-17)20(26)4-2/h6-7,9-14H,3-5,8,15H2,1-2H3. The van der Waals surface area contributed by atoms with Gasteiger partial charge in [0, 0.05) is 23.9 Å². The van der Waals surface area contributed by atoms with Crippen molar-refractivity contribution in [2.24, 2.45) is 0 Å². The van der Waals surface area contributed by atoms with Gasteiger partial charge in [-0.15, -0.1) is 0 Å². The van der Waals surface area contributed by atoms with Gasteiger partial charge in [-0.05, 0) is 36.8 Å². The van der Waals surface area contributed by atoms with E-state index in [1.54, 1.807) is 55.5 Å². The van der Waals surface area contributed by atoms with Crippen molar-refractivity contribution in [1.29, 1.82) is 0 Å². The molecule has 0 aliphatic carbocycles. The highest BCUT2D eigenvalue weighted by Crippen LogP contribution is 2.18. The highest BCUT2D eigenvalue weighted by Gasteiger charge is 2.18. The fourth-order valence-electron chi connectivity index (χ4n) is 3.12. The minimum atomic E-state index is -0.639. The average molecular weight is 392 g/mol. The summed E-state index contributed by atoms with van der Waals surface area (Å²) in [6, 6.07) is 13.3. The Morgan fingerprint density at radius 3 is 2.31 bits per heavy atom. The van der Waals surface area contributed by atoms with E-state index in [0.717, 1.165) is 19.3 Å². The Morgan fingerprint density at radius 1 is 0.966 bits per heavy atom. The lowest BCUT2D eigenvalue weighted by Crippen LogP contribution is -2.27. The monoisotopic (exact) mass is 392 g/mol. The van der Waals surface area contributed by atoms with Gasteiger partial charge >= 0.3 is 5.97 Å². The minimum Gasteiger partial charge on any atom is -0.422 e. The zero-order valence-electron chi connectivity index (χ0n) is 16.7. The van der Waals surface area contributed by atoms with Crippen LogP contribution in [-0.4, -0.2) is 21.5 Å². The largest absolute Gasteiger partial charge is 0.422 e. The van der Waals surface area contributed by atoms with Gasteiger partial charge in [0.1, 0.15) is 5.75 Å². The number of ether oxygens (including phenoxy) is 1. The van der Waals surface area contributed by atoms with Gasteiger partial charge in [-0.25, -0.2) is 9.48 Å². The number of aromatic nitrogens is 2. The Balaban J connectivity index is 1.93. The molecule has 1 heterocycles. The maximum Gasteiger partial charge on any atom is 0.364 e. The number of carbonyl (C=O) groups is 2. The number of aryl methyl sites for hydroxylation is 1. The lowest BCUT2D eigenvalue weighted by Gasteiger charge is -2.11. The first-order valence-electron chi connectivity index (χ1n) is 9.90. The average Bonchev–Trinajstić information content (AvgIpc) is 2.75. The Morgan fingerprint density at radius 2 is 1.66 bits per heavy atom. The summed E-state index contributed by atoms with van der Waals surface area (Å²) >= 11 is 0. The molecule has 3 aromatic rings. The van der Waals surface area contributed by atoms with Crippen molar-refractivity contribution in [2.75, 3.05) is 0 Å². The van der Waals surface area contributed by atoms with E-state index in [2.05, 4.69) is 12.0 Å². The molecule has 29 heavy (non-hydrogen) atoms. The summed E-state index contributed by atoms with van der Waals surface area (Å²) in [6.45, 7) is 4.33. The van der Waals surface area contributed by atoms with Crippen molar-refractivity contribution < 1.29 is 14.3 Å². The Labute approximate surface area is 169 Å². The van der Waals surface area contributed by atoms with Crippen molar-refractivity contribution in [3.8, 4) is 5.75 Å². The van der Waals surface area contributed by atoms with Crippen LogP contribution >= 0.6 is 0 Å². The zero-order chi connectivity index (χ0) is 20.8. The van der Waals surface area contributed by atoms with Crippen LogP contribution in [0.5, 0.6) is 5.75 Å². The molecule has 0 unspecified atom stereocenters. The predicted molar refractivity (Wildman–Crippen MR) is 112 cm³/mol. The molecule has 0 amide bonds. The van der Waals surface area contributed by atoms with E-state index in [1.807, 2.05) is 0 Å². The quantitative estimate of drug-likeness (QED) is 0.246. The number of nitrogens with zero attached hydrogens (tertiary/aromatic N) is 2. The molecule has 0 fully saturated rings. The lowest BCUT2D eigenvalue weighted by atomic mass is 10.1. The van der Waals surface area contributed by atoms with Crippen LogP contribution in [0, 0.1) is 0 Å². The summed E-state index contributed by atoms with van der Waals surface area (Å²) in [7, 11) is 0. The van der Waals surface area contributed by atoms with Crippen molar-refractivity contribution in [1.82, 2.24) is 9.78 Å². The molecular formula is C23H24N2O4. The number of ketones is 1. The fourth-order valence-corrected chi connectivity index (χ4v) is 3.12. The SMILES string of the molecule is CCCCCn1nc(C(=O)Oc2ccc(C(=O)CC)cc2)c2ccccc2c1=O. The molecule has 3 rings (SSSR count). The molecule has 0 bridgehead atoms. The van der Waals surface area contributed by atoms with Crippen molar-refractivity contribution in [2.45, 2.75) is 46.1 Å². The second-order valence-corrected chi connectivity index (χ2v) is 6.82. The molecule has 0 aliphatic rings. The van der Waals surface area contributed by atoms with E-state index in [9.17, 15) is 14.4 Å². The summed E-state index contributed by atoms with van der Waals surface area (Å²) in [5.41, 5.74) is 0.460. The van der Waals surface area contributed by atoms with Crippen LogP contribution in [0.15, 0.2) is 53.3 Å². The van der Waals surface area contributed by atoms with Gasteiger partial charge in [0.2, 0.25) is 0 Å². The predicted octanol–water partition coefficient (Wildman–Crippen LogP) is 4.40. The van der Waals surface area contributed by atoms with Gasteiger partial charge in [-0.3, -0.25) is 9.59 Å². The molecule has 0 radical (unpaired) electrons. The van der Waals surface area contributed by atoms with Gasteiger partial charge in [0.05, 0.1) is 5.39 Å². The van der Waals surface area contributed by atoms with Crippen molar-refractivity contribution >= 4 is 22.5 Å². The Hall–Kier alpha value is -3.28. The molecule has 0 atom stereocenters. The third-order valence-corrected chi connectivity index (χ3v) is 4.74. The van der Waals surface area contributed by atoms with Crippen LogP contribution in [0.25, 0.3) is 10.8 Å². The van der Waals surface area contributed by atoms with Crippen LogP contribution in [-0.2, 0) is 6.54 Å². The highest BCUT2D eigenvalue weighted by molar-refractivity contribution is 6.03. The molecule has 0 aliphatic heterocycles. The number of carbonyl (C=O) groups excluding carboxylic acids is 2. The third-order valence-electron chi connectivity index (χ3n) is 4.74. The van der Waals surface area contributed by atoms with Crippen LogP contribution < -0.4 is 10.3 Å². The maximum atomic E-state index is 12.8. The molecule has 0 N–H and O–H groups in total. The molecule has 6 nitrogen and oxygen atoms in total. The molecule has 0 spiro atoms. The molecule has 150 valence electrons. The van der Waals surface area contributed by atoms with Gasteiger partial charge in [-0.2, -0.15) is 5.10 Å². The third kappa shape index (κ3) is 4.59. The summed E-state index contributed by atoms with van der Waals surface area (Å²) in [6.07, 6.45) is 3.22. The Bertz CT molecular complexity index is 1080. The first kappa shape index (κ1) is 20.5. The first-order valence-corrected chi connectivity index (χ1v) is 9.90. The van der Waals surface area contributed by atoms with Crippen LogP contribution in [0.2, 0.25) is 0 Å². The topological polar surface area (TPSA) is 78.3 Å². The molecule has 1 aromatic heterocycles. The molecule has 2 aromatic carbocycles. The summed E-state index contributed by atoms with van der Waals surface area (Å²) < 4.78 is 6.81. The number of Topliss-reactive ketones (excluding diaryl/α,β-unsaturated/α-hetero) is 1. The van der Waals surface area contributed by atoms with Gasteiger partial charge in [0.15, 0.2) is 11.5 Å². The van der Waals surface area contributed by atoms with E-state index >= 15 is 0 Å². The molecular weight excluding hydrogens is 368 g/mol. The van der Waals surface area contributed by atoms with E-state index in [1.165, 1.54) is 4.68 Å². The van der Waals surface area contributed by atoms with Crippen molar-refractivity contribution in [3.63, 3.8) is 0 Å². The summed E-state index contributed by atoms with van der Waals surface area (Å²) in [5, 5.41) is 5.21. The van der Waals surface area contributed by atoms with Crippen LogP contribution in [0.3, 0.4) is 0 Å². The van der Waals surface area contributed by atoms with Gasteiger partial charge in [-0.1, -0.05) is 44.9 Å².